The second-order valence-electron chi connectivity index (χ2n) is 5.47. The van der Waals surface area contributed by atoms with Crippen LogP contribution in [0.4, 0.5) is 0 Å². The fourth-order valence-corrected chi connectivity index (χ4v) is 4.21. The van der Waals surface area contributed by atoms with E-state index in [2.05, 4.69) is 9.97 Å². The van der Waals surface area contributed by atoms with Gasteiger partial charge in [-0.25, -0.2) is 9.97 Å². The summed E-state index contributed by atoms with van der Waals surface area (Å²) in [5.41, 5.74) is 2.91. The molecular formula is C18H15N3O2S2. The highest BCUT2D eigenvalue weighted by Gasteiger charge is 2.12. The molecule has 0 aliphatic heterocycles. The van der Waals surface area contributed by atoms with E-state index in [1.54, 1.807) is 11.3 Å². The van der Waals surface area contributed by atoms with Crippen LogP contribution in [0, 0.1) is 0 Å². The molecule has 0 amide bonds. The molecule has 0 radical (unpaired) electrons. The molecule has 4 rings (SSSR count). The third kappa shape index (κ3) is 3.38. The van der Waals surface area contributed by atoms with Crippen LogP contribution in [-0.4, -0.2) is 26.3 Å². The maximum atomic E-state index is 12.0. The second-order valence-corrected chi connectivity index (χ2v) is 7.52. The molecule has 0 saturated heterocycles. The Labute approximate surface area is 152 Å². The summed E-state index contributed by atoms with van der Waals surface area (Å²) in [6.07, 6.45) is 0. The van der Waals surface area contributed by atoms with E-state index < -0.39 is 0 Å². The molecule has 0 aliphatic carbocycles. The van der Waals surface area contributed by atoms with Crippen LogP contribution in [0.25, 0.3) is 21.3 Å². The number of imidazole rings is 1. The zero-order valence-electron chi connectivity index (χ0n) is 13.5. The van der Waals surface area contributed by atoms with E-state index in [4.69, 9.17) is 4.74 Å². The average Bonchev–Trinajstić information content (AvgIpc) is 3.19. The van der Waals surface area contributed by atoms with Crippen molar-refractivity contribution in [3.63, 3.8) is 0 Å². The van der Waals surface area contributed by atoms with Crippen LogP contribution >= 0.6 is 23.1 Å². The van der Waals surface area contributed by atoms with Gasteiger partial charge in [-0.15, -0.1) is 11.3 Å². The fraction of sp³-hybridized carbons (Fsp3) is 0.167. The van der Waals surface area contributed by atoms with E-state index in [0.29, 0.717) is 0 Å². The Kier molecular flexibility index (Phi) is 4.42. The van der Waals surface area contributed by atoms with Crippen LogP contribution in [0.5, 0.6) is 0 Å². The quantitative estimate of drug-likeness (QED) is 0.393. The summed E-state index contributed by atoms with van der Waals surface area (Å²) in [5.74, 6) is -0.0430. The van der Waals surface area contributed by atoms with Crippen LogP contribution in [0.1, 0.15) is 5.01 Å². The molecule has 5 nitrogen and oxygen atoms in total. The third-order valence-electron chi connectivity index (χ3n) is 3.76. The summed E-state index contributed by atoms with van der Waals surface area (Å²) in [7, 11) is 1.95. The number of thioether (sulfide) groups is 1. The number of carbonyl (C=O) groups excluding carboxylic acids is 1. The molecule has 0 aliphatic rings. The molecule has 0 N–H and O–H groups in total. The lowest BCUT2D eigenvalue weighted by molar-refractivity contribution is -0.141. The van der Waals surface area contributed by atoms with Gasteiger partial charge in [-0.05, 0) is 24.3 Å². The Bertz CT molecular complexity index is 1020. The van der Waals surface area contributed by atoms with Crippen molar-refractivity contribution >= 4 is 50.3 Å². The van der Waals surface area contributed by atoms with Crippen LogP contribution < -0.4 is 0 Å². The maximum Gasteiger partial charge on any atom is 0.316 e. The van der Waals surface area contributed by atoms with Gasteiger partial charge < -0.3 is 9.30 Å². The van der Waals surface area contributed by atoms with Crippen molar-refractivity contribution in [3.05, 3.63) is 53.5 Å². The van der Waals surface area contributed by atoms with E-state index in [0.717, 1.165) is 31.4 Å². The first-order valence-corrected chi connectivity index (χ1v) is 9.55. The number of esters is 1. The molecule has 2 heterocycles. The molecule has 0 fully saturated rings. The number of benzene rings is 2. The third-order valence-corrected chi connectivity index (χ3v) is 5.77. The van der Waals surface area contributed by atoms with Gasteiger partial charge in [0.2, 0.25) is 0 Å². The molecule has 2 aromatic heterocycles. The molecule has 0 bridgehead atoms. The molecule has 0 saturated carbocycles. The van der Waals surface area contributed by atoms with Crippen molar-refractivity contribution in [2.75, 3.05) is 5.75 Å². The molecule has 0 spiro atoms. The number of aryl methyl sites for hydroxylation is 1. The first kappa shape index (κ1) is 16.1. The minimum atomic E-state index is -0.267. The van der Waals surface area contributed by atoms with Gasteiger partial charge in [-0.3, -0.25) is 4.79 Å². The normalized spacial score (nSPS) is 11.2. The Morgan fingerprint density at radius 3 is 2.68 bits per heavy atom. The number of rotatable bonds is 5. The number of thiazole rings is 1. The van der Waals surface area contributed by atoms with Gasteiger partial charge in [0.1, 0.15) is 11.6 Å². The summed E-state index contributed by atoms with van der Waals surface area (Å²) in [5, 5.41) is 1.61. The van der Waals surface area contributed by atoms with E-state index in [1.807, 2.05) is 60.1 Å². The molecule has 0 atom stereocenters. The molecule has 25 heavy (non-hydrogen) atoms. The van der Waals surface area contributed by atoms with Crippen LogP contribution in [-0.2, 0) is 23.2 Å². The van der Waals surface area contributed by atoms with Gasteiger partial charge in [0.05, 0.1) is 27.0 Å². The van der Waals surface area contributed by atoms with Crippen LogP contribution in [0.15, 0.2) is 53.7 Å². The molecular weight excluding hydrogens is 354 g/mol. The van der Waals surface area contributed by atoms with Crippen LogP contribution in [0.3, 0.4) is 0 Å². The van der Waals surface area contributed by atoms with E-state index >= 15 is 0 Å². The average molecular weight is 369 g/mol. The zero-order valence-corrected chi connectivity index (χ0v) is 15.1. The van der Waals surface area contributed by atoms with Gasteiger partial charge in [0.15, 0.2) is 5.16 Å². The second kappa shape index (κ2) is 6.85. The van der Waals surface area contributed by atoms with Crippen molar-refractivity contribution < 1.29 is 9.53 Å². The summed E-state index contributed by atoms with van der Waals surface area (Å²) in [6.45, 7) is 0.210. The van der Waals surface area contributed by atoms with E-state index in [9.17, 15) is 4.79 Å². The molecule has 4 aromatic rings. The number of ether oxygens (including phenoxy) is 1. The summed E-state index contributed by atoms with van der Waals surface area (Å²) in [6, 6.07) is 15.8. The van der Waals surface area contributed by atoms with Crippen LogP contribution in [0.2, 0.25) is 0 Å². The predicted molar refractivity (Wildman–Crippen MR) is 101 cm³/mol. The number of para-hydroxylation sites is 3. The van der Waals surface area contributed by atoms with Gasteiger partial charge in [-0.1, -0.05) is 36.0 Å². The maximum absolute atomic E-state index is 12.0. The lowest BCUT2D eigenvalue weighted by Gasteiger charge is -2.03. The lowest BCUT2D eigenvalue weighted by Crippen LogP contribution is -2.08. The highest BCUT2D eigenvalue weighted by molar-refractivity contribution is 7.99. The predicted octanol–water partition coefficient (Wildman–Crippen LogP) is 4.02. The van der Waals surface area contributed by atoms with Gasteiger partial charge in [0, 0.05) is 7.05 Å². The van der Waals surface area contributed by atoms with Gasteiger partial charge in [0.25, 0.3) is 0 Å². The lowest BCUT2D eigenvalue weighted by atomic mass is 10.3. The zero-order chi connectivity index (χ0) is 17.2. The Morgan fingerprint density at radius 1 is 1.12 bits per heavy atom. The Morgan fingerprint density at radius 2 is 1.88 bits per heavy atom. The van der Waals surface area contributed by atoms with E-state index in [1.165, 1.54) is 11.8 Å². The van der Waals surface area contributed by atoms with Crippen molar-refractivity contribution in [2.45, 2.75) is 11.8 Å². The van der Waals surface area contributed by atoms with Crippen molar-refractivity contribution in [2.24, 2.45) is 7.05 Å². The summed E-state index contributed by atoms with van der Waals surface area (Å²) in [4.78, 5) is 21.0. The number of hydrogen-bond acceptors (Lipinski definition) is 6. The standard InChI is InChI=1S/C18H15N3O2S2/c1-21-14-8-4-2-6-12(14)20-18(21)24-11-17(22)23-10-16-19-13-7-3-5-9-15(13)25-16/h2-9H,10-11H2,1H3. The highest BCUT2D eigenvalue weighted by Crippen LogP contribution is 2.24. The number of fused-ring (bicyclic) bond motifs is 2. The minimum Gasteiger partial charge on any atom is -0.458 e. The minimum absolute atomic E-state index is 0.210. The summed E-state index contributed by atoms with van der Waals surface area (Å²) < 4.78 is 8.43. The number of nitrogens with zero attached hydrogens (tertiary/aromatic N) is 3. The first-order chi connectivity index (χ1) is 12.2. The Hall–Kier alpha value is -2.38. The summed E-state index contributed by atoms with van der Waals surface area (Å²) >= 11 is 2.93. The van der Waals surface area contributed by atoms with Crippen molar-refractivity contribution in [1.29, 1.82) is 0 Å². The SMILES string of the molecule is Cn1c(SCC(=O)OCc2nc3ccccc3s2)nc2ccccc21. The molecule has 7 heteroatoms. The topological polar surface area (TPSA) is 57.0 Å². The molecule has 2 aromatic carbocycles. The fourth-order valence-electron chi connectivity index (χ4n) is 2.54. The van der Waals surface area contributed by atoms with Crippen molar-refractivity contribution in [3.8, 4) is 0 Å². The largest absolute Gasteiger partial charge is 0.458 e. The molecule has 126 valence electrons. The van der Waals surface area contributed by atoms with Crippen molar-refractivity contribution in [1.82, 2.24) is 14.5 Å². The van der Waals surface area contributed by atoms with E-state index in [-0.39, 0.29) is 18.3 Å². The number of carbonyl (C=O) groups is 1. The monoisotopic (exact) mass is 369 g/mol. The van der Waals surface area contributed by atoms with Gasteiger partial charge in [-0.2, -0.15) is 0 Å². The highest BCUT2D eigenvalue weighted by atomic mass is 32.2. The molecule has 0 unspecified atom stereocenters. The number of hydrogen-bond donors (Lipinski definition) is 0. The first-order valence-electron chi connectivity index (χ1n) is 7.75. The Balaban J connectivity index is 1.36. The number of aromatic nitrogens is 3. The smallest absolute Gasteiger partial charge is 0.316 e. The van der Waals surface area contributed by atoms with Gasteiger partial charge >= 0.3 is 5.97 Å².